The molecule has 0 amide bonds. The van der Waals surface area contributed by atoms with Gasteiger partial charge in [0.25, 0.3) is 0 Å². The Hall–Kier alpha value is -2.36. The van der Waals surface area contributed by atoms with E-state index in [0.717, 1.165) is 6.21 Å². The molecule has 0 unspecified atom stereocenters. The summed E-state index contributed by atoms with van der Waals surface area (Å²) in [5, 5.41) is 19.4. The van der Waals surface area contributed by atoms with Gasteiger partial charge in [-0.1, -0.05) is 5.16 Å². The van der Waals surface area contributed by atoms with Crippen LogP contribution in [0.25, 0.3) is 11.0 Å². The summed E-state index contributed by atoms with van der Waals surface area (Å²) in [4.78, 5) is 3.76. The molecule has 25 heavy (non-hydrogen) atoms. The minimum atomic E-state index is -4.69. The van der Waals surface area contributed by atoms with E-state index in [-0.39, 0.29) is 22.9 Å². The van der Waals surface area contributed by atoms with Crippen molar-refractivity contribution in [2.24, 2.45) is 5.16 Å². The van der Waals surface area contributed by atoms with Crippen LogP contribution in [0, 0.1) is 0 Å². The number of ether oxygens (including phenoxy) is 1. The van der Waals surface area contributed by atoms with Gasteiger partial charge < -0.3 is 15.3 Å². The highest BCUT2D eigenvalue weighted by molar-refractivity contribution is 6.01. The van der Waals surface area contributed by atoms with Crippen LogP contribution in [0.5, 0.6) is 0 Å². The number of pyridine rings is 1. The number of fused-ring (bicyclic) bond motifs is 1. The van der Waals surface area contributed by atoms with Crippen molar-refractivity contribution in [3.63, 3.8) is 0 Å². The van der Waals surface area contributed by atoms with E-state index < -0.39 is 11.9 Å². The largest absolute Gasteiger partial charge is 0.434 e. The molecule has 136 valence electrons. The second kappa shape index (κ2) is 6.87. The molecule has 0 aliphatic carbocycles. The maximum Gasteiger partial charge on any atom is 0.434 e. The molecule has 0 atom stereocenters. The third kappa shape index (κ3) is 3.39. The Morgan fingerprint density at radius 1 is 1.44 bits per heavy atom. The lowest BCUT2D eigenvalue weighted by Gasteiger charge is -2.26. The molecule has 0 bridgehead atoms. The number of nitrogens with one attached hydrogen (secondary N) is 1. The molecule has 2 aromatic heterocycles. The molecule has 0 saturated carbocycles. The van der Waals surface area contributed by atoms with E-state index >= 15 is 0 Å². The number of aryl methyl sites for hydroxylation is 1. The quantitative estimate of drug-likeness (QED) is 0.499. The van der Waals surface area contributed by atoms with Gasteiger partial charge in [-0.15, -0.1) is 0 Å². The van der Waals surface area contributed by atoms with Crippen LogP contribution in [-0.2, 0) is 17.5 Å². The molecule has 2 aromatic rings. The van der Waals surface area contributed by atoms with Crippen molar-refractivity contribution >= 4 is 22.9 Å². The number of nitrogens with zero attached hydrogens (tertiary/aromatic N) is 4. The van der Waals surface area contributed by atoms with E-state index in [9.17, 15) is 13.2 Å². The molecular formula is C15H18F3N5O2. The van der Waals surface area contributed by atoms with E-state index in [1.807, 2.05) is 0 Å². The summed E-state index contributed by atoms with van der Waals surface area (Å²) in [7, 11) is 0. The monoisotopic (exact) mass is 357 g/mol. The van der Waals surface area contributed by atoms with E-state index in [4.69, 9.17) is 9.94 Å². The van der Waals surface area contributed by atoms with E-state index in [1.54, 1.807) is 6.92 Å². The summed E-state index contributed by atoms with van der Waals surface area (Å²) in [6.07, 6.45) is -1.12. The fourth-order valence-electron chi connectivity index (χ4n) is 2.94. The number of oxime groups is 1. The van der Waals surface area contributed by atoms with Crippen molar-refractivity contribution in [3.05, 3.63) is 17.5 Å². The van der Waals surface area contributed by atoms with Crippen LogP contribution in [0.4, 0.5) is 18.9 Å². The number of anilines is 1. The Kier molecular flexibility index (Phi) is 4.80. The van der Waals surface area contributed by atoms with Gasteiger partial charge in [0.1, 0.15) is 0 Å². The second-order valence-corrected chi connectivity index (χ2v) is 5.72. The Balaban J connectivity index is 2.21. The third-order valence-corrected chi connectivity index (χ3v) is 4.15. The molecule has 1 aliphatic rings. The summed E-state index contributed by atoms with van der Waals surface area (Å²) in [6, 6.07) is -0.0451. The summed E-state index contributed by atoms with van der Waals surface area (Å²) in [5.74, 6) is 0. The standard InChI is InChI=1S/C15H18F3N5O2/c1-2-23-14-11(7-19-23)12(21-9-3-5-25-6-4-9)10(8-20-24)13(22-14)15(16,17)18/h7-9,24H,2-6H2,1H3,(H,21,22). The van der Waals surface area contributed by atoms with Crippen LogP contribution in [0.3, 0.4) is 0 Å². The first kappa shape index (κ1) is 17.5. The lowest BCUT2D eigenvalue weighted by Crippen LogP contribution is -2.29. The minimum absolute atomic E-state index is 0.0451. The number of rotatable bonds is 4. The zero-order valence-electron chi connectivity index (χ0n) is 13.5. The van der Waals surface area contributed by atoms with Crippen molar-refractivity contribution in [1.29, 1.82) is 0 Å². The Morgan fingerprint density at radius 3 is 2.76 bits per heavy atom. The molecule has 0 radical (unpaired) electrons. The normalized spacial score (nSPS) is 16.8. The molecule has 0 spiro atoms. The SMILES string of the molecule is CCn1ncc2c(NC3CCOCC3)c(C=NO)c(C(F)(F)F)nc21. The van der Waals surface area contributed by atoms with Gasteiger partial charge in [0.15, 0.2) is 11.3 Å². The molecular weight excluding hydrogens is 339 g/mol. The van der Waals surface area contributed by atoms with Gasteiger partial charge in [0, 0.05) is 25.8 Å². The number of halogens is 3. The van der Waals surface area contributed by atoms with Crippen LogP contribution in [0.1, 0.15) is 31.0 Å². The number of aromatic nitrogens is 3. The van der Waals surface area contributed by atoms with Crippen LogP contribution >= 0.6 is 0 Å². The van der Waals surface area contributed by atoms with Crippen LogP contribution < -0.4 is 5.32 Å². The lowest BCUT2D eigenvalue weighted by molar-refractivity contribution is -0.141. The first-order valence-corrected chi connectivity index (χ1v) is 7.94. The predicted molar refractivity (Wildman–Crippen MR) is 85.0 cm³/mol. The van der Waals surface area contributed by atoms with Crippen LogP contribution in [0.2, 0.25) is 0 Å². The first-order chi connectivity index (χ1) is 12.0. The van der Waals surface area contributed by atoms with E-state index in [0.29, 0.717) is 38.0 Å². The summed E-state index contributed by atoms with van der Waals surface area (Å²) >= 11 is 0. The summed E-state index contributed by atoms with van der Waals surface area (Å²) in [6.45, 7) is 3.24. The highest BCUT2D eigenvalue weighted by Gasteiger charge is 2.38. The van der Waals surface area contributed by atoms with E-state index in [2.05, 4.69) is 20.6 Å². The van der Waals surface area contributed by atoms with Crippen molar-refractivity contribution in [2.45, 2.75) is 38.5 Å². The van der Waals surface area contributed by atoms with Crippen molar-refractivity contribution in [2.75, 3.05) is 18.5 Å². The Morgan fingerprint density at radius 2 is 2.16 bits per heavy atom. The van der Waals surface area contributed by atoms with Gasteiger partial charge in [-0.25, -0.2) is 9.67 Å². The van der Waals surface area contributed by atoms with Crippen molar-refractivity contribution in [3.8, 4) is 0 Å². The molecule has 7 nitrogen and oxygen atoms in total. The van der Waals surface area contributed by atoms with Crippen LogP contribution in [0.15, 0.2) is 11.4 Å². The first-order valence-electron chi connectivity index (χ1n) is 7.94. The fraction of sp³-hybridized carbons (Fsp3) is 0.533. The number of hydrogen-bond donors (Lipinski definition) is 2. The Bertz CT molecular complexity index is 782. The highest BCUT2D eigenvalue weighted by Crippen LogP contribution is 2.37. The molecule has 3 heterocycles. The molecule has 2 N–H and O–H groups in total. The minimum Gasteiger partial charge on any atom is -0.411 e. The fourth-order valence-corrected chi connectivity index (χ4v) is 2.94. The van der Waals surface area contributed by atoms with Gasteiger partial charge in [-0.05, 0) is 19.8 Å². The second-order valence-electron chi connectivity index (χ2n) is 5.72. The highest BCUT2D eigenvalue weighted by atomic mass is 19.4. The smallest absolute Gasteiger partial charge is 0.411 e. The predicted octanol–water partition coefficient (Wildman–Crippen LogP) is 2.87. The Labute approximate surface area is 141 Å². The summed E-state index contributed by atoms with van der Waals surface area (Å²) < 4.78 is 47.2. The average molecular weight is 357 g/mol. The van der Waals surface area contributed by atoms with Gasteiger partial charge in [0.2, 0.25) is 0 Å². The van der Waals surface area contributed by atoms with Crippen molar-refractivity contribution in [1.82, 2.24) is 14.8 Å². The molecule has 10 heteroatoms. The molecule has 3 rings (SSSR count). The third-order valence-electron chi connectivity index (χ3n) is 4.15. The van der Waals surface area contributed by atoms with Crippen molar-refractivity contribution < 1.29 is 23.1 Å². The zero-order chi connectivity index (χ0) is 18.0. The maximum atomic E-state index is 13.5. The van der Waals surface area contributed by atoms with Gasteiger partial charge in [-0.2, -0.15) is 18.3 Å². The zero-order valence-corrected chi connectivity index (χ0v) is 13.5. The van der Waals surface area contributed by atoms with Gasteiger partial charge in [-0.3, -0.25) is 0 Å². The van der Waals surface area contributed by atoms with E-state index in [1.165, 1.54) is 10.9 Å². The molecule has 1 aliphatic heterocycles. The topological polar surface area (TPSA) is 84.6 Å². The van der Waals surface area contributed by atoms with Gasteiger partial charge in [0.05, 0.1) is 29.0 Å². The van der Waals surface area contributed by atoms with Gasteiger partial charge >= 0.3 is 6.18 Å². The maximum absolute atomic E-state index is 13.5. The number of alkyl halides is 3. The lowest BCUT2D eigenvalue weighted by atomic mass is 10.0. The molecule has 1 fully saturated rings. The average Bonchev–Trinajstić information content (AvgIpc) is 2.99. The molecule has 1 saturated heterocycles. The van der Waals surface area contributed by atoms with Crippen LogP contribution in [-0.4, -0.2) is 45.4 Å². The summed E-state index contributed by atoms with van der Waals surface area (Å²) in [5.41, 5.74) is -1.05. The molecule has 0 aromatic carbocycles. The number of hydrogen-bond acceptors (Lipinski definition) is 6.